The van der Waals surface area contributed by atoms with Crippen molar-refractivity contribution in [3.63, 3.8) is 0 Å². The Labute approximate surface area is 104 Å². The lowest BCUT2D eigenvalue weighted by Gasteiger charge is -2.17. The lowest BCUT2D eigenvalue weighted by Crippen LogP contribution is -2.17. The number of carbonyl (C=O) groups excluding carboxylic acids is 1. The minimum absolute atomic E-state index is 0.103. The third-order valence-electron chi connectivity index (χ3n) is 2.60. The molecule has 0 fully saturated rings. The number of carboxylic acids is 1. The van der Waals surface area contributed by atoms with E-state index in [1.54, 1.807) is 31.4 Å². The molecule has 1 aromatic carbocycles. The van der Waals surface area contributed by atoms with Gasteiger partial charge in [-0.2, -0.15) is 0 Å². The van der Waals surface area contributed by atoms with E-state index < -0.39 is 18.2 Å². The summed E-state index contributed by atoms with van der Waals surface area (Å²) in [6, 6.07) is 5.25. The number of benzene rings is 1. The third-order valence-corrected chi connectivity index (χ3v) is 2.60. The summed E-state index contributed by atoms with van der Waals surface area (Å²) >= 11 is 0. The van der Waals surface area contributed by atoms with Crippen LogP contribution in [0.5, 0.6) is 11.5 Å². The normalized spacial score (nSPS) is 13.1. The molecule has 0 radical (unpaired) electrons. The summed E-state index contributed by atoms with van der Waals surface area (Å²) in [4.78, 5) is 22.1. The molecule has 0 atom stereocenters. The van der Waals surface area contributed by atoms with Crippen LogP contribution < -0.4 is 9.47 Å². The zero-order chi connectivity index (χ0) is 13.1. The molecule has 0 bridgehead atoms. The Kier molecular flexibility index (Phi) is 3.32. The van der Waals surface area contributed by atoms with Gasteiger partial charge in [0.05, 0.1) is 7.11 Å². The number of ether oxygens (including phenoxy) is 2. The first-order valence-electron chi connectivity index (χ1n) is 5.36. The molecule has 1 aromatic rings. The van der Waals surface area contributed by atoms with Gasteiger partial charge in [0.15, 0.2) is 5.78 Å². The van der Waals surface area contributed by atoms with Crippen LogP contribution in [-0.4, -0.2) is 30.6 Å². The van der Waals surface area contributed by atoms with Gasteiger partial charge in [-0.05, 0) is 24.3 Å². The predicted molar refractivity (Wildman–Crippen MR) is 63.7 cm³/mol. The minimum Gasteiger partial charge on any atom is -0.497 e. The second-order valence-electron chi connectivity index (χ2n) is 3.86. The first kappa shape index (κ1) is 12.2. The van der Waals surface area contributed by atoms with Crippen LogP contribution in [-0.2, 0) is 9.59 Å². The summed E-state index contributed by atoms with van der Waals surface area (Å²) in [6.45, 7) is 0.103. The van der Waals surface area contributed by atoms with E-state index >= 15 is 0 Å². The van der Waals surface area contributed by atoms with Crippen molar-refractivity contribution in [2.75, 3.05) is 13.7 Å². The molecule has 0 saturated heterocycles. The number of Topliss-reactive ketones (excluding diaryl/α,β-unsaturated/α-hetero) is 1. The Bertz CT molecular complexity index is 530. The molecule has 18 heavy (non-hydrogen) atoms. The monoisotopic (exact) mass is 248 g/mol. The van der Waals surface area contributed by atoms with Crippen molar-refractivity contribution in [1.29, 1.82) is 0 Å². The van der Waals surface area contributed by atoms with Crippen LogP contribution in [0.4, 0.5) is 0 Å². The maximum Gasteiger partial charge on any atom is 0.311 e. The topological polar surface area (TPSA) is 72.8 Å². The molecule has 1 N–H and O–H groups in total. The lowest BCUT2D eigenvalue weighted by molar-refractivity contribution is -0.139. The van der Waals surface area contributed by atoms with Gasteiger partial charge >= 0.3 is 5.97 Å². The van der Waals surface area contributed by atoms with Gasteiger partial charge in [0.25, 0.3) is 0 Å². The molecule has 0 unspecified atom stereocenters. The second-order valence-corrected chi connectivity index (χ2v) is 3.86. The van der Waals surface area contributed by atoms with E-state index in [2.05, 4.69) is 0 Å². The Morgan fingerprint density at radius 2 is 2.22 bits per heavy atom. The van der Waals surface area contributed by atoms with Crippen LogP contribution in [0, 0.1) is 0 Å². The number of methoxy groups -OCH3 is 1. The van der Waals surface area contributed by atoms with E-state index in [1.165, 1.54) is 0 Å². The number of carbonyl (C=O) groups is 2. The molecule has 2 rings (SSSR count). The van der Waals surface area contributed by atoms with Crippen LogP contribution >= 0.6 is 0 Å². The zero-order valence-corrected chi connectivity index (χ0v) is 9.80. The van der Waals surface area contributed by atoms with Gasteiger partial charge in [0.2, 0.25) is 0 Å². The number of hydrogen-bond acceptors (Lipinski definition) is 4. The van der Waals surface area contributed by atoms with E-state index in [9.17, 15) is 9.59 Å². The number of carboxylic acid groups (broad SMARTS) is 1. The van der Waals surface area contributed by atoms with Crippen molar-refractivity contribution < 1.29 is 24.2 Å². The zero-order valence-electron chi connectivity index (χ0n) is 9.80. The Morgan fingerprint density at radius 3 is 2.89 bits per heavy atom. The molecule has 0 aliphatic carbocycles. The van der Waals surface area contributed by atoms with Crippen LogP contribution in [0.15, 0.2) is 23.8 Å². The van der Waals surface area contributed by atoms with Crippen LogP contribution in [0.3, 0.4) is 0 Å². The van der Waals surface area contributed by atoms with Gasteiger partial charge in [-0.3, -0.25) is 9.59 Å². The maximum atomic E-state index is 11.6. The summed E-state index contributed by atoms with van der Waals surface area (Å²) in [6.07, 6.45) is 1.13. The van der Waals surface area contributed by atoms with Gasteiger partial charge in [0.1, 0.15) is 24.5 Å². The Hall–Kier alpha value is -2.30. The molecule has 0 aromatic heterocycles. The molecule has 1 aliphatic rings. The molecule has 0 saturated carbocycles. The fourth-order valence-corrected chi connectivity index (χ4v) is 1.69. The Morgan fingerprint density at radius 1 is 1.44 bits per heavy atom. The molecule has 0 amide bonds. The fraction of sp³-hybridized carbons (Fsp3) is 0.231. The average molecular weight is 248 g/mol. The number of hydrogen-bond donors (Lipinski definition) is 1. The summed E-state index contributed by atoms with van der Waals surface area (Å²) in [5.41, 5.74) is 1.08. The first-order valence-corrected chi connectivity index (χ1v) is 5.36. The van der Waals surface area contributed by atoms with E-state index in [-0.39, 0.29) is 6.61 Å². The molecule has 1 aliphatic heterocycles. The van der Waals surface area contributed by atoms with Crippen molar-refractivity contribution in [3.05, 3.63) is 29.3 Å². The van der Waals surface area contributed by atoms with Crippen molar-refractivity contribution in [3.8, 4) is 11.5 Å². The standard InChI is InChI=1S/C13H12O5/c1-17-10-2-3-12-8(5-10)4-9(7-18-12)11(14)6-13(15)16/h2-5H,6-7H2,1H3,(H,15,16). The molecule has 5 heteroatoms. The number of aliphatic carboxylic acids is 1. The summed E-state index contributed by atoms with van der Waals surface area (Å²) < 4.78 is 10.5. The third kappa shape index (κ3) is 2.51. The van der Waals surface area contributed by atoms with E-state index in [1.807, 2.05) is 0 Å². The second kappa shape index (κ2) is 4.91. The van der Waals surface area contributed by atoms with Gasteiger partial charge in [-0.15, -0.1) is 0 Å². The van der Waals surface area contributed by atoms with E-state index in [4.69, 9.17) is 14.6 Å². The predicted octanol–water partition coefficient (Wildman–Crippen LogP) is 1.51. The van der Waals surface area contributed by atoms with Gasteiger partial charge in [0, 0.05) is 11.1 Å². The molecular weight excluding hydrogens is 236 g/mol. The fourth-order valence-electron chi connectivity index (χ4n) is 1.69. The highest BCUT2D eigenvalue weighted by atomic mass is 16.5. The number of fused-ring (bicyclic) bond motifs is 1. The largest absolute Gasteiger partial charge is 0.497 e. The highest BCUT2D eigenvalue weighted by molar-refractivity contribution is 6.08. The highest BCUT2D eigenvalue weighted by Gasteiger charge is 2.19. The number of rotatable bonds is 4. The van der Waals surface area contributed by atoms with Crippen molar-refractivity contribution >= 4 is 17.8 Å². The lowest BCUT2D eigenvalue weighted by atomic mass is 10.0. The number of ketones is 1. The summed E-state index contributed by atoms with van der Waals surface area (Å²) in [7, 11) is 1.55. The van der Waals surface area contributed by atoms with Gasteiger partial charge < -0.3 is 14.6 Å². The minimum atomic E-state index is -1.14. The van der Waals surface area contributed by atoms with Crippen molar-refractivity contribution in [2.45, 2.75) is 6.42 Å². The van der Waals surface area contributed by atoms with Crippen molar-refractivity contribution in [1.82, 2.24) is 0 Å². The Balaban J connectivity index is 2.28. The SMILES string of the molecule is COc1ccc2c(c1)C=C(C(=O)CC(=O)O)CO2. The summed E-state index contributed by atoms with van der Waals surface area (Å²) in [5.74, 6) is -0.267. The summed E-state index contributed by atoms with van der Waals surface area (Å²) in [5, 5.41) is 8.58. The average Bonchev–Trinajstić information content (AvgIpc) is 2.36. The quantitative estimate of drug-likeness (QED) is 0.818. The molecule has 1 heterocycles. The molecule has 94 valence electrons. The van der Waals surface area contributed by atoms with Gasteiger partial charge in [-0.25, -0.2) is 0 Å². The first-order chi connectivity index (χ1) is 8.60. The van der Waals surface area contributed by atoms with Crippen LogP contribution in [0.1, 0.15) is 12.0 Å². The smallest absolute Gasteiger partial charge is 0.311 e. The van der Waals surface area contributed by atoms with E-state index in [0.717, 1.165) is 0 Å². The van der Waals surface area contributed by atoms with Crippen LogP contribution in [0.25, 0.3) is 6.08 Å². The molecule has 5 nitrogen and oxygen atoms in total. The molecular formula is C13H12O5. The van der Waals surface area contributed by atoms with E-state index in [0.29, 0.717) is 22.6 Å². The maximum absolute atomic E-state index is 11.6. The van der Waals surface area contributed by atoms with Crippen molar-refractivity contribution in [2.24, 2.45) is 0 Å². The van der Waals surface area contributed by atoms with Crippen LogP contribution in [0.2, 0.25) is 0 Å². The van der Waals surface area contributed by atoms with Gasteiger partial charge in [-0.1, -0.05) is 0 Å². The highest BCUT2D eigenvalue weighted by Crippen LogP contribution is 2.30. The molecule has 0 spiro atoms.